The first-order valence-electron chi connectivity index (χ1n) is 7.14. The highest BCUT2D eigenvalue weighted by Gasteiger charge is 2.31. The Bertz CT molecular complexity index is 645. The quantitative estimate of drug-likeness (QED) is 0.831. The summed E-state index contributed by atoms with van der Waals surface area (Å²) < 4.78 is 6.95. The molecular weight excluding hydrogens is 352 g/mol. The molecule has 2 fully saturated rings. The summed E-state index contributed by atoms with van der Waals surface area (Å²) in [6.07, 6.45) is 7.26. The van der Waals surface area contributed by atoms with Crippen LogP contribution < -0.4 is 9.64 Å². The van der Waals surface area contributed by atoms with Crippen molar-refractivity contribution in [2.45, 2.75) is 31.3 Å². The van der Waals surface area contributed by atoms with Crippen LogP contribution in [0, 0.1) is 0 Å². The molecule has 0 N–H and O–H groups in total. The molecule has 0 amide bonds. The first-order valence-corrected chi connectivity index (χ1v) is 8.75. The average Bonchev–Trinajstić information content (AvgIpc) is 3.04. The second-order valence-electron chi connectivity index (χ2n) is 5.48. The van der Waals surface area contributed by atoms with Gasteiger partial charge in [-0.2, -0.15) is 0 Å². The number of hydrogen-bond donors (Lipinski definition) is 0. The Morgan fingerprint density at radius 2 is 2.19 bits per heavy atom. The predicted octanol–water partition coefficient (Wildman–Crippen LogP) is 3.23. The van der Waals surface area contributed by atoms with Crippen LogP contribution in [0.1, 0.15) is 30.2 Å². The highest BCUT2D eigenvalue weighted by Crippen LogP contribution is 2.43. The third-order valence-electron chi connectivity index (χ3n) is 3.80. The van der Waals surface area contributed by atoms with E-state index in [0.717, 1.165) is 34.9 Å². The van der Waals surface area contributed by atoms with Crippen molar-refractivity contribution in [1.29, 1.82) is 0 Å². The van der Waals surface area contributed by atoms with Gasteiger partial charge in [-0.1, -0.05) is 11.3 Å². The van der Waals surface area contributed by atoms with E-state index in [9.17, 15) is 0 Å². The van der Waals surface area contributed by atoms with Crippen molar-refractivity contribution >= 4 is 32.4 Å². The van der Waals surface area contributed by atoms with Crippen molar-refractivity contribution in [2.24, 2.45) is 0 Å². The summed E-state index contributed by atoms with van der Waals surface area (Å²) in [5.74, 6) is 1.53. The summed E-state index contributed by atoms with van der Waals surface area (Å²) in [4.78, 5) is 6.33. The normalized spacial score (nSPS) is 21.8. The molecule has 0 bridgehead atoms. The number of ether oxygens (including phenoxy) is 1. The minimum atomic E-state index is 0.192. The number of halogens is 1. The maximum Gasteiger partial charge on any atom is 0.208 e. The van der Waals surface area contributed by atoms with E-state index in [1.165, 1.54) is 17.8 Å². The predicted molar refractivity (Wildman–Crippen MR) is 85.1 cm³/mol. The zero-order valence-electron chi connectivity index (χ0n) is 11.4. The van der Waals surface area contributed by atoms with Gasteiger partial charge in [-0.15, -0.1) is 10.2 Å². The largest absolute Gasteiger partial charge is 0.487 e. The molecule has 5 nitrogen and oxygen atoms in total. The van der Waals surface area contributed by atoms with Gasteiger partial charge in [0.1, 0.15) is 16.9 Å². The van der Waals surface area contributed by atoms with E-state index in [0.29, 0.717) is 5.92 Å². The third kappa shape index (κ3) is 2.89. The molecule has 4 rings (SSSR count). The molecule has 1 unspecified atom stereocenters. The van der Waals surface area contributed by atoms with Gasteiger partial charge in [0.15, 0.2) is 0 Å². The van der Waals surface area contributed by atoms with Crippen LogP contribution in [0.3, 0.4) is 0 Å². The van der Waals surface area contributed by atoms with Gasteiger partial charge < -0.3 is 9.64 Å². The van der Waals surface area contributed by atoms with Gasteiger partial charge in [-0.25, -0.2) is 0 Å². The van der Waals surface area contributed by atoms with Gasteiger partial charge in [0.25, 0.3) is 0 Å². The minimum Gasteiger partial charge on any atom is -0.487 e. The molecule has 1 saturated carbocycles. The fourth-order valence-corrected chi connectivity index (χ4v) is 3.88. The summed E-state index contributed by atoms with van der Waals surface area (Å²) in [5.41, 5.74) is 0. The third-order valence-corrected chi connectivity index (χ3v) is 5.54. The average molecular weight is 367 g/mol. The van der Waals surface area contributed by atoms with Crippen LogP contribution >= 0.6 is 27.3 Å². The molecule has 2 aromatic heterocycles. The molecule has 0 aromatic carbocycles. The summed E-state index contributed by atoms with van der Waals surface area (Å²) in [6.45, 7) is 1.85. The van der Waals surface area contributed by atoms with Crippen LogP contribution in [0.25, 0.3) is 0 Å². The molecular formula is C14H15BrN4OS. The zero-order valence-corrected chi connectivity index (χ0v) is 13.8. The van der Waals surface area contributed by atoms with Crippen LogP contribution in [0.15, 0.2) is 22.9 Å². The molecule has 1 saturated heterocycles. The Hall–Kier alpha value is -1.21. The molecule has 0 spiro atoms. The first kappa shape index (κ1) is 13.5. The van der Waals surface area contributed by atoms with Crippen LogP contribution in [0.5, 0.6) is 5.75 Å². The van der Waals surface area contributed by atoms with E-state index in [1.54, 1.807) is 23.7 Å². The molecule has 3 heterocycles. The van der Waals surface area contributed by atoms with Crippen LogP contribution in [0.2, 0.25) is 0 Å². The van der Waals surface area contributed by atoms with Gasteiger partial charge in [-0.3, -0.25) is 4.98 Å². The topological polar surface area (TPSA) is 51.1 Å². The van der Waals surface area contributed by atoms with Gasteiger partial charge >= 0.3 is 0 Å². The number of pyridine rings is 1. The Balaban J connectivity index is 1.41. The number of aromatic nitrogens is 3. The summed E-state index contributed by atoms with van der Waals surface area (Å²) in [7, 11) is 0. The lowest BCUT2D eigenvalue weighted by molar-refractivity contribution is 0.223. The fraction of sp³-hybridized carbons (Fsp3) is 0.500. The summed E-state index contributed by atoms with van der Waals surface area (Å²) in [5, 5.41) is 10.9. The van der Waals surface area contributed by atoms with E-state index in [1.807, 2.05) is 6.07 Å². The molecule has 1 aliphatic heterocycles. The maximum absolute atomic E-state index is 6.05. The van der Waals surface area contributed by atoms with Gasteiger partial charge in [0, 0.05) is 31.3 Å². The van der Waals surface area contributed by atoms with Crippen LogP contribution in [0.4, 0.5) is 5.13 Å². The highest BCUT2D eigenvalue weighted by molar-refractivity contribution is 9.10. The van der Waals surface area contributed by atoms with Gasteiger partial charge in [0.05, 0.1) is 11.0 Å². The van der Waals surface area contributed by atoms with Crippen LogP contribution in [-0.2, 0) is 0 Å². The second-order valence-corrected chi connectivity index (χ2v) is 7.32. The Morgan fingerprint density at radius 1 is 1.29 bits per heavy atom. The molecule has 7 heteroatoms. The molecule has 1 aliphatic carbocycles. The van der Waals surface area contributed by atoms with Crippen molar-refractivity contribution in [3.63, 3.8) is 0 Å². The number of anilines is 1. The summed E-state index contributed by atoms with van der Waals surface area (Å²) in [6, 6.07) is 1.89. The minimum absolute atomic E-state index is 0.192. The number of rotatable bonds is 4. The lowest BCUT2D eigenvalue weighted by Gasteiger charge is -2.16. The highest BCUT2D eigenvalue weighted by atomic mass is 79.9. The lowest BCUT2D eigenvalue weighted by Crippen LogP contribution is -2.24. The maximum atomic E-state index is 6.05. The van der Waals surface area contributed by atoms with E-state index >= 15 is 0 Å². The Kier molecular flexibility index (Phi) is 3.54. The van der Waals surface area contributed by atoms with E-state index in [2.05, 4.69) is 36.0 Å². The SMILES string of the molecule is Brc1cnccc1OC1CCN(c2nnc(C3CC3)s2)C1. The monoisotopic (exact) mass is 366 g/mol. The van der Waals surface area contributed by atoms with E-state index in [-0.39, 0.29) is 6.10 Å². The molecule has 2 aromatic rings. The Labute approximate surface area is 135 Å². The number of hydrogen-bond acceptors (Lipinski definition) is 6. The zero-order chi connectivity index (χ0) is 14.2. The molecule has 110 valence electrons. The van der Waals surface area contributed by atoms with Crippen molar-refractivity contribution < 1.29 is 4.74 Å². The lowest BCUT2D eigenvalue weighted by atomic mass is 10.3. The smallest absolute Gasteiger partial charge is 0.208 e. The van der Waals surface area contributed by atoms with Crippen molar-refractivity contribution in [3.8, 4) is 5.75 Å². The molecule has 21 heavy (non-hydrogen) atoms. The van der Waals surface area contributed by atoms with Crippen molar-refractivity contribution in [3.05, 3.63) is 27.9 Å². The molecule has 0 radical (unpaired) electrons. The number of nitrogens with zero attached hydrogens (tertiary/aromatic N) is 4. The van der Waals surface area contributed by atoms with Crippen molar-refractivity contribution in [1.82, 2.24) is 15.2 Å². The van der Waals surface area contributed by atoms with Gasteiger partial charge in [0.2, 0.25) is 5.13 Å². The van der Waals surface area contributed by atoms with Crippen LogP contribution in [-0.4, -0.2) is 34.4 Å². The van der Waals surface area contributed by atoms with E-state index in [4.69, 9.17) is 4.74 Å². The van der Waals surface area contributed by atoms with Gasteiger partial charge in [-0.05, 0) is 34.8 Å². The molecule has 2 aliphatic rings. The first-order chi connectivity index (χ1) is 10.3. The fourth-order valence-electron chi connectivity index (χ4n) is 2.49. The van der Waals surface area contributed by atoms with Crippen molar-refractivity contribution in [2.75, 3.05) is 18.0 Å². The standard InChI is InChI=1S/C14H15BrN4OS/c15-11-7-16-5-3-12(11)20-10-4-6-19(8-10)14-18-17-13(21-14)9-1-2-9/h3,5,7,9-10H,1-2,4,6,8H2. The second kappa shape index (κ2) is 5.53. The summed E-state index contributed by atoms with van der Waals surface area (Å²) >= 11 is 5.21. The van der Waals surface area contributed by atoms with E-state index < -0.39 is 0 Å². The molecule has 1 atom stereocenters. The Morgan fingerprint density at radius 3 is 3.00 bits per heavy atom.